The van der Waals surface area contributed by atoms with Gasteiger partial charge in [0.05, 0.1) is 5.56 Å². The molecule has 0 aromatic heterocycles. The first-order valence-corrected chi connectivity index (χ1v) is 5.47. The number of halogens is 5. The van der Waals surface area contributed by atoms with Crippen LogP contribution >= 0.6 is 27.5 Å². The summed E-state index contributed by atoms with van der Waals surface area (Å²) in [6, 6.07) is 3.01. The van der Waals surface area contributed by atoms with E-state index in [1.54, 1.807) is 0 Å². The van der Waals surface area contributed by atoms with Crippen LogP contribution in [0.3, 0.4) is 0 Å². The van der Waals surface area contributed by atoms with Crippen molar-refractivity contribution < 1.29 is 18.0 Å². The third-order valence-electron chi connectivity index (χ3n) is 1.96. The lowest BCUT2D eigenvalue weighted by atomic mass is 10.1. The van der Waals surface area contributed by atoms with Crippen LogP contribution in [-0.4, -0.2) is 5.78 Å². The van der Waals surface area contributed by atoms with Gasteiger partial charge in [-0.3, -0.25) is 4.79 Å². The zero-order chi connectivity index (χ0) is 12.5. The number of rotatable bonds is 2. The smallest absolute Gasteiger partial charge is 0.298 e. The van der Waals surface area contributed by atoms with Gasteiger partial charge in [-0.25, -0.2) is 0 Å². The molecule has 1 aromatic carbocycles. The lowest BCUT2D eigenvalue weighted by Crippen LogP contribution is -2.07. The molecule has 0 fully saturated rings. The summed E-state index contributed by atoms with van der Waals surface area (Å²) < 4.78 is 37.2. The molecule has 1 atom stereocenters. The van der Waals surface area contributed by atoms with Gasteiger partial charge in [-0.1, -0.05) is 22.0 Å². The number of carbonyl (C=O) groups is 1. The molecule has 1 nitrogen and oxygen atoms in total. The molecule has 1 unspecified atom stereocenters. The Bertz CT molecular complexity index is 417. The Hall–Kier alpha value is -0.550. The van der Waals surface area contributed by atoms with Crippen LogP contribution in [0.25, 0.3) is 0 Å². The molecule has 0 saturated heterocycles. The van der Waals surface area contributed by atoms with Crippen molar-refractivity contribution in [2.45, 2.75) is 18.5 Å². The van der Waals surface area contributed by atoms with Crippen LogP contribution in [0.2, 0.25) is 0 Å². The number of carbonyl (C=O) groups excluding carboxylic acids is 1. The van der Waals surface area contributed by atoms with Crippen molar-refractivity contribution >= 4 is 33.3 Å². The Morgan fingerprint density at radius 1 is 1.44 bits per heavy atom. The fourth-order valence-electron chi connectivity index (χ4n) is 1.13. The molecule has 0 aliphatic carbocycles. The van der Waals surface area contributed by atoms with Crippen molar-refractivity contribution in [2.75, 3.05) is 0 Å². The summed E-state index contributed by atoms with van der Waals surface area (Å²) in [4.78, 5) is 11.0. The van der Waals surface area contributed by atoms with E-state index in [1.807, 2.05) is 0 Å². The maximum atomic E-state index is 12.3. The normalized spacial score (nSPS) is 13.6. The number of hydrogen-bond acceptors (Lipinski definition) is 1. The average molecular weight is 316 g/mol. The zero-order valence-electron chi connectivity index (χ0n) is 8.11. The molecule has 0 aliphatic rings. The van der Waals surface area contributed by atoms with Crippen molar-refractivity contribution in [3.05, 3.63) is 33.8 Å². The second-order valence-corrected chi connectivity index (χ2v) is 4.50. The second kappa shape index (κ2) is 4.75. The van der Waals surface area contributed by atoms with E-state index in [-0.39, 0.29) is 10.3 Å². The minimum atomic E-state index is -4.40. The fourth-order valence-corrected chi connectivity index (χ4v) is 2.06. The molecule has 1 aromatic rings. The van der Waals surface area contributed by atoms with E-state index < -0.39 is 17.1 Å². The standard InChI is InChI=1S/C10H7BrClF3O/c1-5(16)9(12)7-3-2-6(4-8(7)11)10(13,14)15/h2-4,9H,1H3. The highest BCUT2D eigenvalue weighted by Crippen LogP contribution is 2.35. The second-order valence-electron chi connectivity index (χ2n) is 3.21. The van der Waals surface area contributed by atoms with Crippen LogP contribution in [0.1, 0.15) is 23.4 Å². The quantitative estimate of drug-likeness (QED) is 0.742. The number of ketones is 1. The third-order valence-corrected chi connectivity index (χ3v) is 3.19. The van der Waals surface area contributed by atoms with E-state index in [0.717, 1.165) is 12.1 Å². The van der Waals surface area contributed by atoms with Crippen molar-refractivity contribution in [1.29, 1.82) is 0 Å². The van der Waals surface area contributed by atoms with E-state index in [1.165, 1.54) is 13.0 Å². The van der Waals surface area contributed by atoms with E-state index in [2.05, 4.69) is 15.9 Å². The minimum Gasteiger partial charge on any atom is -0.298 e. The highest BCUT2D eigenvalue weighted by atomic mass is 79.9. The Morgan fingerprint density at radius 3 is 2.38 bits per heavy atom. The average Bonchev–Trinajstić information content (AvgIpc) is 2.15. The van der Waals surface area contributed by atoms with Crippen LogP contribution in [0, 0.1) is 0 Å². The molecule has 0 aliphatic heterocycles. The Kier molecular flexibility index (Phi) is 4.02. The van der Waals surface area contributed by atoms with Gasteiger partial charge >= 0.3 is 6.18 Å². The van der Waals surface area contributed by atoms with Crippen LogP contribution in [-0.2, 0) is 11.0 Å². The monoisotopic (exact) mass is 314 g/mol. The zero-order valence-corrected chi connectivity index (χ0v) is 10.4. The van der Waals surface area contributed by atoms with E-state index in [4.69, 9.17) is 11.6 Å². The highest BCUT2D eigenvalue weighted by molar-refractivity contribution is 9.10. The molecule has 0 saturated carbocycles. The number of hydrogen-bond donors (Lipinski definition) is 0. The molecule has 16 heavy (non-hydrogen) atoms. The maximum Gasteiger partial charge on any atom is 0.416 e. The van der Waals surface area contributed by atoms with Gasteiger partial charge in [0.1, 0.15) is 5.38 Å². The lowest BCUT2D eigenvalue weighted by Gasteiger charge is -2.12. The van der Waals surface area contributed by atoms with Gasteiger partial charge in [0, 0.05) is 4.47 Å². The third kappa shape index (κ3) is 2.98. The van der Waals surface area contributed by atoms with E-state index in [0.29, 0.717) is 5.56 Å². The first kappa shape index (κ1) is 13.5. The molecule has 6 heteroatoms. The van der Waals surface area contributed by atoms with Gasteiger partial charge in [-0.2, -0.15) is 13.2 Å². The molecule has 0 heterocycles. The van der Waals surface area contributed by atoms with Gasteiger partial charge in [-0.15, -0.1) is 11.6 Å². The summed E-state index contributed by atoms with van der Waals surface area (Å²) in [5.41, 5.74) is -0.447. The van der Waals surface area contributed by atoms with Crippen LogP contribution < -0.4 is 0 Å². The van der Waals surface area contributed by atoms with Crippen molar-refractivity contribution in [2.24, 2.45) is 0 Å². The summed E-state index contributed by atoms with van der Waals surface area (Å²) in [6.07, 6.45) is -4.40. The van der Waals surface area contributed by atoms with Crippen LogP contribution in [0.5, 0.6) is 0 Å². The lowest BCUT2D eigenvalue weighted by molar-refractivity contribution is -0.137. The number of benzene rings is 1. The number of alkyl halides is 4. The number of Topliss-reactive ketones (excluding diaryl/α,β-unsaturated/α-hetero) is 1. The Labute approximate surface area is 104 Å². The Morgan fingerprint density at radius 2 is 2.00 bits per heavy atom. The molecule has 1 rings (SSSR count). The topological polar surface area (TPSA) is 17.1 Å². The Balaban J connectivity index is 3.15. The van der Waals surface area contributed by atoms with Crippen molar-refractivity contribution in [1.82, 2.24) is 0 Å². The first-order valence-electron chi connectivity index (χ1n) is 4.24. The largest absolute Gasteiger partial charge is 0.416 e. The van der Waals surface area contributed by atoms with Gasteiger partial charge in [0.2, 0.25) is 0 Å². The van der Waals surface area contributed by atoms with Crippen molar-refractivity contribution in [3.63, 3.8) is 0 Å². The molecular formula is C10H7BrClF3O. The summed E-state index contributed by atoms with van der Waals surface area (Å²) >= 11 is 8.72. The highest BCUT2D eigenvalue weighted by Gasteiger charge is 2.31. The van der Waals surface area contributed by atoms with E-state index >= 15 is 0 Å². The van der Waals surface area contributed by atoms with Crippen LogP contribution in [0.4, 0.5) is 13.2 Å². The molecule has 0 spiro atoms. The summed E-state index contributed by atoms with van der Waals surface area (Å²) in [5.74, 6) is -0.317. The molecular weight excluding hydrogens is 308 g/mol. The van der Waals surface area contributed by atoms with Crippen molar-refractivity contribution in [3.8, 4) is 0 Å². The molecule has 0 N–H and O–H groups in total. The van der Waals surface area contributed by atoms with Gasteiger partial charge < -0.3 is 0 Å². The first-order chi connectivity index (χ1) is 7.23. The summed E-state index contributed by atoms with van der Waals surface area (Å²) in [5, 5.41) is -0.934. The minimum absolute atomic E-state index is 0.178. The predicted octanol–water partition coefficient (Wildman–Crippen LogP) is 4.34. The molecule has 88 valence electrons. The summed E-state index contributed by atoms with van der Waals surface area (Å²) in [6.45, 7) is 1.28. The maximum absolute atomic E-state index is 12.3. The predicted molar refractivity (Wildman–Crippen MR) is 58.4 cm³/mol. The molecule has 0 bridgehead atoms. The summed E-state index contributed by atoms with van der Waals surface area (Å²) in [7, 11) is 0. The van der Waals surface area contributed by atoms with Gasteiger partial charge in [0.15, 0.2) is 5.78 Å². The molecule has 0 amide bonds. The van der Waals surface area contributed by atoms with Crippen LogP contribution in [0.15, 0.2) is 22.7 Å². The van der Waals surface area contributed by atoms with Gasteiger partial charge in [0.25, 0.3) is 0 Å². The SMILES string of the molecule is CC(=O)C(Cl)c1ccc(C(F)(F)F)cc1Br. The molecule has 0 radical (unpaired) electrons. The van der Waals surface area contributed by atoms with Gasteiger partial charge in [-0.05, 0) is 24.6 Å². The van der Waals surface area contributed by atoms with E-state index in [9.17, 15) is 18.0 Å². The fraction of sp³-hybridized carbons (Fsp3) is 0.300.